The Morgan fingerprint density at radius 2 is 1.56 bits per heavy atom. The van der Waals surface area contributed by atoms with Crippen molar-refractivity contribution >= 4 is 44.6 Å². The van der Waals surface area contributed by atoms with Crippen LogP contribution in [-0.2, 0) is 10.0 Å². The zero-order chi connectivity index (χ0) is 24.9. The van der Waals surface area contributed by atoms with E-state index in [9.17, 15) is 13.2 Å². The summed E-state index contributed by atoms with van der Waals surface area (Å²) >= 11 is 5.23. The van der Waals surface area contributed by atoms with Gasteiger partial charge < -0.3 is 10.1 Å². The van der Waals surface area contributed by atoms with Gasteiger partial charge in [-0.25, -0.2) is 8.42 Å². The molecule has 3 rings (SSSR count). The largest absolute Gasteiger partial charge is 0.491 e. The van der Waals surface area contributed by atoms with E-state index in [0.29, 0.717) is 22.7 Å². The van der Waals surface area contributed by atoms with Crippen LogP contribution >= 0.6 is 12.2 Å². The number of carbonyl (C=O) groups is 1. The molecule has 0 radical (unpaired) electrons. The molecule has 178 valence electrons. The maximum Gasteiger partial charge on any atom is 0.261 e. The Kier molecular flexibility index (Phi) is 7.90. The van der Waals surface area contributed by atoms with Gasteiger partial charge in [-0.15, -0.1) is 0 Å². The first-order valence-corrected chi connectivity index (χ1v) is 12.5. The normalized spacial score (nSPS) is 11.1. The second-order valence-electron chi connectivity index (χ2n) is 8.11. The summed E-state index contributed by atoms with van der Waals surface area (Å²) in [5.74, 6) is 0.205. The van der Waals surface area contributed by atoms with Gasteiger partial charge in [0, 0.05) is 16.9 Å². The van der Waals surface area contributed by atoms with Crippen molar-refractivity contribution < 1.29 is 17.9 Å². The molecule has 0 fully saturated rings. The van der Waals surface area contributed by atoms with E-state index >= 15 is 0 Å². The minimum absolute atomic E-state index is 0.0102. The Balaban J connectivity index is 1.62. The molecule has 7 nitrogen and oxygen atoms in total. The van der Waals surface area contributed by atoms with Crippen LogP contribution in [0, 0.1) is 13.8 Å². The highest BCUT2D eigenvalue weighted by Crippen LogP contribution is 2.20. The molecule has 0 saturated heterocycles. The summed E-state index contributed by atoms with van der Waals surface area (Å²) in [4.78, 5) is 12.6. The van der Waals surface area contributed by atoms with E-state index < -0.39 is 10.0 Å². The first kappa shape index (κ1) is 25.2. The van der Waals surface area contributed by atoms with E-state index in [1.54, 1.807) is 48.5 Å². The van der Waals surface area contributed by atoms with E-state index in [4.69, 9.17) is 17.0 Å². The van der Waals surface area contributed by atoms with E-state index in [2.05, 4.69) is 15.4 Å². The number of nitrogens with one attached hydrogen (secondary N) is 3. The Hall–Kier alpha value is -3.43. The molecule has 3 N–H and O–H groups in total. The molecule has 0 unspecified atom stereocenters. The molecule has 0 aromatic heterocycles. The highest BCUT2D eigenvalue weighted by Gasteiger charge is 2.15. The van der Waals surface area contributed by atoms with Crippen LogP contribution in [0.1, 0.15) is 35.3 Å². The van der Waals surface area contributed by atoms with Crippen LogP contribution in [0.2, 0.25) is 0 Å². The molecular weight excluding hydrogens is 470 g/mol. The molecular formula is C25H27N3O4S2. The summed E-state index contributed by atoms with van der Waals surface area (Å²) < 4.78 is 33.7. The number of hydrogen-bond acceptors (Lipinski definition) is 5. The van der Waals surface area contributed by atoms with Crippen LogP contribution < -0.4 is 20.1 Å². The number of aryl methyl sites for hydroxylation is 2. The number of amides is 1. The van der Waals surface area contributed by atoms with Gasteiger partial charge in [-0.2, -0.15) is 0 Å². The zero-order valence-corrected chi connectivity index (χ0v) is 21.0. The molecule has 0 spiro atoms. The maximum absolute atomic E-state index is 12.7. The monoisotopic (exact) mass is 497 g/mol. The quantitative estimate of drug-likeness (QED) is 0.397. The van der Waals surface area contributed by atoms with Crippen molar-refractivity contribution in [2.75, 3.05) is 10.0 Å². The molecule has 0 aliphatic heterocycles. The van der Waals surface area contributed by atoms with Crippen LogP contribution in [0.5, 0.6) is 5.75 Å². The molecule has 0 heterocycles. The number of anilines is 2. The van der Waals surface area contributed by atoms with Gasteiger partial charge in [-0.1, -0.05) is 12.1 Å². The summed E-state index contributed by atoms with van der Waals surface area (Å²) in [6, 6.07) is 18.4. The maximum atomic E-state index is 12.7. The van der Waals surface area contributed by atoms with Gasteiger partial charge in [-0.3, -0.25) is 14.8 Å². The topological polar surface area (TPSA) is 96.5 Å². The summed E-state index contributed by atoms with van der Waals surface area (Å²) in [5.41, 5.74) is 3.37. The SMILES string of the molecule is Cc1cc(C)cc(NS(=O)(=O)c2ccc(NC(=S)NC(=O)c3cccc(OC(C)C)c3)cc2)c1. The number of carbonyl (C=O) groups excluding carboxylic acids is 1. The lowest BCUT2D eigenvalue weighted by Crippen LogP contribution is -2.34. The van der Waals surface area contributed by atoms with Gasteiger partial charge in [0.2, 0.25) is 0 Å². The Morgan fingerprint density at radius 3 is 2.18 bits per heavy atom. The smallest absolute Gasteiger partial charge is 0.261 e. The summed E-state index contributed by atoms with van der Waals surface area (Å²) in [5, 5.41) is 5.58. The van der Waals surface area contributed by atoms with E-state index in [0.717, 1.165) is 11.1 Å². The van der Waals surface area contributed by atoms with Gasteiger partial charge >= 0.3 is 0 Å². The number of thiocarbonyl (C=S) groups is 1. The van der Waals surface area contributed by atoms with Crippen molar-refractivity contribution in [2.24, 2.45) is 0 Å². The van der Waals surface area contributed by atoms with Crippen LogP contribution in [0.15, 0.2) is 71.6 Å². The lowest BCUT2D eigenvalue weighted by molar-refractivity contribution is 0.0977. The fourth-order valence-corrected chi connectivity index (χ4v) is 4.54. The molecule has 0 atom stereocenters. The number of benzene rings is 3. The van der Waals surface area contributed by atoms with E-state index in [-0.39, 0.29) is 22.0 Å². The molecule has 0 saturated carbocycles. The standard InChI is InChI=1S/C25H27N3O4S2/c1-16(2)32-22-7-5-6-19(15-22)24(29)27-25(33)26-20-8-10-23(11-9-20)34(30,31)28-21-13-17(3)12-18(4)14-21/h5-16,28H,1-4H3,(H2,26,27,29,33). The van der Waals surface area contributed by atoms with Crippen molar-refractivity contribution in [2.45, 2.75) is 38.7 Å². The predicted molar refractivity (Wildman–Crippen MR) is 139 cm³/mol. The highest BCUT2D eigenvalue weighted by molar-refractivity contribution is 7.92. The van der Waals surface area contributed by atoms with Crippen molar-refractivity contribution in [1.29, 1.82) is 0 Å². The molecule has 9 heteroatoms. The highest BCUT2D eigenvalue weighted by atomic mass is 32.2. The molecule has 3 aromatic carbocycles. The second kappa shape index (κ2) is 10.7. The van der Waals surface area contributed by atoms with Crippen molar-refractivity contribution in [1.82, 2.24) is 5.32 Å². The van der Waals surface area contributed by atoms with Gasteiger partial charge in [0.1, 0.15) is 5.75 Å². The fourth-order valence-electron chi connectivity index (χ4n) is 3.29. The lowest BCUT2D eigenvalue weighted by Gasteiger charge is -2.13. The average Bonchev–Trinajstić information content (AvgIpc) is 2.72. The molecule has 34 heavy (non-hydrogen) atoms. The summed E-state index contributed by atoms with van der Waals surface area (Å²) in [6.07, 6.45) is -0.0102. The van der Waals surface area contributed by atoms with Gasteiger partial charge in [0.15, 0.2) is 5.11 Å². The first-order chi connectivity index (χ1) is 16.0. The Bertz CT molecular complexity index is 1280. The van der Waals surface area contributed by atoms with Crippen LogP contribution in [0.25, 0.3) is 0 Å². The van der Waals surface area contributed by atoms with Gasteiger partial charge in [-0.05, 0) is 106 Å². The molecule has 0 aliphatic carbocycles. The van der Waals surface area contributed by atoms with Gasteiger partial charge in [0.05, 0.1) is 11.0 Å². The van der Waals surface area contributed by atoms with Crippen molar-refractivity contribution in [3.05, 3.63) is 83.4 Å². The van der Waals surface area contributed by atoms with Crippen molar-refractivity contribution in [3.8, 4) is 5.75 Å². The summed E-state index contributed by atoms with van der Waals surface area (Å²) in [6.45, 7) is 7.62. The third kappa shape index (κ3) is 7.03. The molecule has 3 aromatic rings. The minimum atomic E-state index is -3.75. The average molecular weight is 498 g/mol. The van der Waals surface area contributed by atoms with Crippen LogP contribution in [0.3, 0.4) is 0 Å². The Labute approximate surface area is 205 Å². The van der Waals surface area contributed by atoms with E-state index in [1.807, 2.05) is 33.8 Å². The molecule has 0 bridgehead atoms. The summed E-state index contributed by atoms with van der Waals surface area (Å²) in [7, 11) is -3.75. The molecule has 0 aliphatic rings. The zero-order valence-electron chi connectivity index (χ0n) is 19.4. The van der Waals surface area contributed by atoms with E-state index in [1.165, 1.54) is 12.1 Å². The van der Waals surface area contributed by atoms with Gasteiger partial charge in [0.25, 0.3) is 15.9 Å². The second-order valence-corrected chi connectivity index (χ2v) is 10.2. The lowest BCUT2D eigenvalue weighted by atomic mass is 10.1. The van der Waals surface area contributed by atoms with Crippen LogP contribution in [-0.4, -0.2) is 25.5 Å². The molecule has 1 amide bonds. The number of rotatable bonds is 7. The third-order valence-electron chi connectivity index (χ3n) is 4.59. The Morgan fingerprint density at radius 1 is 0.912 bits per heavy atom. The fraction of sp³-hybridized carbons (Fsp3) is 0.200. The minimum Gasteiger partial charge on any atom is -0.491 e. The first-order valence-electron chi connectivity index (χ1n) is 10.6. The van der Waals surface area contributed by atoms with Crippen molar-refractivity contribution in [3.63, 3.8) is 0 Å². The number of sulfonamides is 1. The van der Waals surface area contributed by atoms with Crippen LogP contribution in [0.4, 0.5) is 11.4 Å². The number of ether oxygens (including phenoxy) is 1. The number of hydrogen-bond donors (Lipinski definition) is 3. The third-order valence-corrected chi connectivity index (χ3v) is 6.19. The predicted octanol–water partition coefficient (Wildman–Crippen LogP) is 5.02.